The first-order chi connectivity index (χ1) is 12.2. The lowest BCUT2D eigenvalue weighted by Crippen LogP contribution is -2.33. The van der Waals surface area contributed by atoms with Gasteiger partial charge in [0.05, 0.1) is 25.5 Å². The highest BCUT2D eigenvalue weighted by molar-refractivity contribution is 5.28. The third-order valence-corrected chi connectivity index (χ3v) is 5.05. The number of ether oxygens (including phenoxy) is 3. The van der Waals surface area contributed by atoms with E-state index in [-0.39, 0.29) is 11.7 Å². The number of rotatable bonds is 5. The minimum Gasteiger partial charge on any atom is -0.497 e. The summed E-state index contributed by atoms with van der Waals surface area (Å²) in [7, 11) is 1.71. The highest BCUT2D eigenvalue weighted by Gasteiger charge is 2.46. The molecule has 2 atom stereocenters. The zero-order valence-electron chi connectivity index (χ0n) is 14.6. The summed E-state index contributed by atoms with van der Waals surface area (Å²) >= 11 is 0. The Hall–Kier alpha value is -2.11. The summed E-state index contributed by atoms with van der Waals surface area (Å²) in [5, 5.41) is 0. The SMILES string of the molecule is COc1cccc(CN2CCC3(CC(Oc4cccnc4)CO3)C2)c1. The lowest BCUT2D eigenvalue weighted by molar-refractivity contribution is 0.00934. The van der Waals surface area contributed by atoms with Crippen LogP contribution in [0.3, 0.4) is 0 Å². The summed E-state index contributed by atoms with van der Waals surface area (Å²) in [5.41, 5.74) is 1.21. The molecule has 1 aromatic carbocycles. The number of pyridine rings is 1. The fourth-order valence-electron chi connectivity index (χ4n) is 3.86. The molecule has 0 saturated carbocycles. The number of hydrogen-bond acceptors (Lipinski definition) is 5. The number of hydrogen-bond donors (Lipinski definition) is 0. The average Bonchev–Trinajstić information content (AvgIpc) is 3.22. The molecule has 5 heteroatoms. The Kier molecular flexibility index (Phi) is 4.59. The molecule has 0 N–H and O–H groups in total. The van der Waals surface area contributed by atoms with Gasteiger partial charge < -0.3 is 14.2 Å². The van der Waals surface area contributed by atoms with Gasteiger partial charge in [-0.1, -0.05) is 12.1 Å². The van der Waals surface area contributed by atoms with Gasteiger partial charge in [-0.2, -0.15) is 0 Å². The first-order valence-electron chi connectivity index (χ1n) is 8.81. The van der Waals surface area contributed by atoms with E-state index >= 15 is 0 Å². The van der Waals surface area contributed by atoms with E-state index in [1.807, 2.05) is 24.3 Å². The van der Waals surface area contributed by atoms with E-state index in [1.165, 1.54) is 5.56 Å². The van der Waals surface area contributed by atoms with Crippen molar-refractivity contribution in [3.8, 4) is 11.5 Å². The Morgan fingerprint density at radius 2 is 2.20 bits per heavy atom. The molecule has 1 aromatic heterocycles. The molecule has 4 rings (SSSR count). The lowest BCUT2D eigenvalue weighted by atomic mass is 9.98. The minimum atomic E-state index is -0.0637. The van der Waals surface area contributed by atoms with E-state index in [4.69, 9.17) is 14.2 Å². The minimum absolute atomic E-state index is 0.0637. The molecule has 0 aliphatic carbocycles. The van der Waals surface area contributed by atoms with Crippen LogP contribution in [0.15, 0.2) is 48.8 Å². The number of methoxy groups -OCH3 is 1. The van der Waals surface area contributed by atoms with Crippen LogP contribution in [0.5, 0.6) is 11.5 Å². The predicted octanol–water partition coefficient (Wildman–Crippen LogP) is 2.90. The van der Waals surface area contributed by atoms with Crippen molar-refractivity contribution in [2.45, 2.75) is 31.1 Å². The van der Waals surface area contributed by atoms with Crippen LogP contribution >= 0.6 is 0 Å². The van der Waals surface area contributed by atoms with Gasteiger partial charge in [-0.25, -0.2) is 0 Å². The van der Waals surface area contributed by atoms with Crippen molar-refractivity contribution >= 4 is 0 Å². The third kappa shape index (κ3) is 3.78. The van der Waals surface area contributed by atoms with Gasteiger partial charge >= 0.3 is 0 Å². The van der Waals surface area contributed by atoms with Gasteiger partial charge in [0.1, 0.15) is 17.6 Å². The van der Waals surface area contributed by atoms with Crippen molar-refractivity contribution in [3.63, 3.8) is 0 Å². The molecule has 2 fully saturated rings. The highest BCUT2D eigenvalue weighted by Crippen LogP contribution is 2.37. The summed E-state index contributed by atoms with van der Waals surface area (Å²) in [6.45, 7) is 3.59. The van der Waals surface area contributed by atoms with Crippen LogP contribution < -0.4 is 9.47 Å². The molecule has 0 bridgehead atoms. The fraction of sp³-hybridized carbons (Fsp3) is 0.450. The van der Waals surface area contributed by atoms with E-state index in [0.29, 0.717) is 6.61 Å². The smallest absolute Gasteiger partial charge is 0.138 e. The molecule has 0 radical (unpaired) electrons. The van der Waals surface area contributed by atoms with Gasteiger partial charge in [0.2, 0.25) is 0 Å². The van der Waals surface area contributed by atoms with Crippen molar-refractivity contribution in [2.75, 3.05) is 26.8 Å². The summed E-state index contributed by atoms with van der Waals surface area (Å²) in [6.07, 6.45) is 5.63. The first kappa shape index (κ1) is 16.4. The van der Waals surface area contributed by atoms with Crippen LogP contribution in [0.1, 0.15) is 18.4 Å². The quantitative estimate of drug-likeness (QED) is 0.837. The van der Waals surface area contributed by atoms with Crippen LogP contribution in [-0.4, -0.2) is 48.4 Å². The van der Waals surface area contributed by atoms with Crippen molar-refractivity contribution in [2.24, 2.45) is 0 Å². The second-order valence-corrected chi connectivity index (χ2v) is 6.94. The van der Waals surface area contributed by atoms with Crippen LogP contribution in [0, 0.1) is 0 Å². The van der Waals surface area contributed by atoms with Crippen molar-refractivity contribution in [1.82, 2.24) is 9.88 Å². The molecule has 3 heterocycles. The number of benzene rings is 1. The molecular formula is C20H24N2O3. The maximum atomic E-state index is 6.19. The average molecular weight is 340 g/mol. The van der Waals surface area contributed by atoms with Crippen molar-refractivity contribution in [1.29, 1.82) is 0 Å². The summed E-state index contributed by atoms with van der Waals surface area (Å²) in [4.78, 5) is 6.56. The van der Waals surface area contributed by atoms with Gasteiger partial charge in [-0.05, 0) is 36.2 Å². The van der Waals surface area contributed by atoms with Gasteiger partial charge in [-0.15, -0.1) is 0 Å². The molecule has 2 aliphatic rings. The first-order valence-corrected chi connectivity index (χ1v) is 8.81. The normalized spacial score (nSPS) is 26.2. The van der Waals surface area contributed by atoms with E-state index in [9.17, 15) is 0 Å². The monoisotopic (exact) mass is 340 g/mol. The molecule has 132 valence electrons. The largest absolute Gasteiger partial charge is 0.497 e. The van der Waals surface area contributed by atoms with Crippen LogP contribution in [0.2, 0.25) is 0 Å². The number of nitrogens with zero attached hydrogens (tertiary/aromatic N) is 2. The summed E-state index contributed by atoms with van der Waals surface area (Å²) in [6, 6.07) is 12.1. The van der Waals surface area contributed by atoms with Crippen LogP contribution in [-0.2, 0) is 11.3 Å². The maximum Gasteiger partial charge on any atom is 0.138 e. The predicted molar refractivity (Wildman–Crippen MR) is 94.8 cm³/mol. The molecular weight excluding hydrogens is 316 g/mol. The molecule has 2 aliphatic heterocycles. The number of aromatic nitrogens is 1. The van der Waals surface area contributed by atoms with Crippen molar-refractivity contribution in [3.05, 3.63) is 54.4 Å². The Morgan fingerprint density at radius 1 is 1.28 bits per heavy atom. The second kappa shape index (κ2) is 7.02. The standard InChI is InChI=1S/C20H24N2O3/c1-23-17-5-2-4-16(10-17)13-22-9-7-20(15-22)11-19(14-24-20)25-18-6-3-8-21-12-18/h2-6,8,10,12,19H,7,9,11,13-15H2,1H3. The Morgan fingerprint density at radius 3 is 3.04 bits per heavy atom. The Bertz CT molecular complexity index is 709. The fourth-order valence-corrected chi connectivity index (χ4v) is 3.86. The molecule has 5 nitrogen and oxygen atoms in total. The van der Waals surface area contributed by atoms with Crippen LogP contribution in [0.25, 0.3) is 0 Å². The molecule has 2 saturated heterocycles. The third-order valence-electron chi connectivity index (χ3n) is 5.05. The highest BCUT2D eigenvalue weighted by atomic mass is 16.6. The molecule has 2 unspecified atom stereocenters. The van der Waals surface area contributed by atoms with Crippen molar-refractivity contribution < 1.29 is 14.2 Å². The topological polar surface area (TPSA) is 43.8 Å². The molecule has 0 amide bonds. The van der Waals surface area contributed by atoms with E-state index in [1.54, 1.807) is 19.5 Å². The molecule has 25 heavy (non-hydrogen) atoms. The van der Waals surface area contributed by atoms with E-state index in [2.05, 4.69) is 22.0 Å². The van der Waals surface area contributed by atoms with Gasteiger partial charge in [0, 0.05) is 32.3 Å². The van der Waals surface area contributed by atoms with Gasteiger partial charge in [0.15, 0.2) is 0 Å². The Labute approximate surface area is 148 Å². The summed E-state index contributed by atoms with van der Waals surface area (Å²) < 4.78 is 17.5. The second-order valence-electron chi connectivity index (χ2n) is 6.94. The zero-order valence-corrected chi connectivity index (χ0v) is 14.6. The van der Waals surface area contributed by atoms with E-state index < -0.39 is 0 Å². The lowest BCUT2D eigenvalue weighted by Gasteiger charge is -2.23. The van der Waals surface area contributed by atoms with Gasteiger partial charge in [0.25, 0.3) is 0 Å². The Balaban J connectivity index is 1.34. The van der Waals surface area contributed by atoms with E-state index in [0.717, 1.165) is 44.0 Å². The molecule has 1 spiro atoms. The molecule has 2 aromatic rings. The zero-order chi connectivity index (χ0) is 17.1. The maximum absolute atomic E-state index is 6.19. The van der Waals surface area contributed by atoms with Crippen LogP contribution in [0.4, 0.5) is 0 Å². The number of likely N-dealkylation sites (tertiary alicyclic amines) is 1. The van der Waals surface area contributed by atoms with Gasteiger partial charge in [-0.3, -0.25) is 9.88 Å². The summed E-state index contributed by atoms with van der Waals surface area (Å²) in [5.74, 6) is 1.73.